The maximum atomic E-state index is 10.4. The molecule has 0 spiro atoms. The maximum Gasteiger partial charge on any atom is 0.339 e. The van der Waals surface area contributed by atoms with Crippen molar-refractivity contribution in [1.82, 2.24) is 0 Å². The summed E-state index contributed by atoms with van der Waals surface area (Å²) in [6, 6.07) is 1.86. The SMILES string of the molecule is O=C(O)c1cc(O)c(Cl)cc1O. The minimum Gasteiger partial charge on any atom is -0.507 e. The highest BCUT2D eigenvalue weighted by atomic mass is 35.5. The molecule has 0 aliphatic rings. The van der Waals surface area contributed by atoms with Crippen molar-refractivity contribution in [2.45, 2.75) is 0 Å². The van der Waals surface area contributed by atoms with Crippen LogP contribution in [0.5, 0.6) is 11.5 Å². The van der Waals surface area contributed by atoms with E-state index in [0.717, 1.165) is 12.1 Å². The molecule has 3 N–H and O–H groups in total. The molecule has 0 unspecified atom stereocenters. The first-order valence-corrected chi connectivity index (χ1v) is 3.35. The number of rotatable bonds is 1. The zero-order valence-corrected chi connectivity index (χ0v) is 6.54. The van der Waals surface area contributed by atoms with Crippen LogP contribution in [0.2, 0.25) is 5.02 Å². The highest BCUT2D eigenvalue weighted by Crippen LogP contribution is 2.30. The molecule has 1 aromatic carbocycles. The van der Waals surface area contributed by atoms with Gasteiger partial charge in [0.25, 0.3) is 0 Å². The first-order valence-electron chi connectivity index (χ1n) is 2.97. The van der Waals surface area contributed by atoms with Gasteiger partial charge in [-0.1, -0.05) is 11.6 Å². The summed E-state index contributed by atoms with van der Waals surface area (Å²) < 4.78 is 0. The van der Waals surface area contributed by atoms with Crippen molar-refractivity contribution in [3.05, 3.63) is 22.7 Å². The van der Waals surface area contributed by atoms with E-state index in [4.69, 9.17) is 26.9 Å². The normalized spacial score (nSPS) is 9.75. The van der Waals surface area contributed by atoms with Gasteiger partial charge in [0.1, 0.15) is 17.1 Å². The molecular weight excluding hydrogens is 184 g/mol. The zero-order chi connectivity index (χ0) is 9.30. The number of carbonyl (C=O) groups is 1. The Kier molecular flexibility index (Phi) is 2.10. The molecule has 12 heavy (non-hydrogen) atoms. The lowest BCUT2D eigenvalue weighted by Crippen LogP contribution is -1.96. The molecule has 0 fully saturated rings. The average molecular weight is 189 g/mol. The van der Waals surface area contributed by atoms with Gasteiger partial charge < -0.3 is 15.3 Å². The number of hydrogen-bond acceptors (Lipinski definition) is 3. The number of halogens is 1. The van der Waals surface area contributed by atoms with Crippen LogP contribution >= 0.6 is 11.6 Å². The molecule has 0 radical (unpaired) electrons. The van der Waals surface area contributed by atoms with E-state index in [1.807, 2.05) is 0 Å². The summed E-state index contributed by atoms with van der Waals surface area (Å²) in [6.07, 6.45) is 0. The van der Waals surface area contributed by atoms with E-state index in [-0.39, 0.29) is 16.3 Å². The largest absolute Gasteiger partial charge is 0.507 e. The minimum atomic E-state index is -1.32. The van der Waals surface area contributed by atoms with Crippen LogP contribution in [-0.2, 0) is 0 Å². The summed E-state index contributed by atoms with van der Waals surface area (Å²) in [6.45, 7) is 0. The molecule has 0 saturated heterocycles. The summed E-state index contributed by atoms with van der Waals surface area (Å²) in [7, 11) is 0. The Bertz CT molecular complexity index is 334. The van der Waals surface area contributed by atoms with Crippen LogP contribution in [0.3, 0.4) is 0 Å². The van der Waals surface area contributed by atoms with Crippen molar-refractivity contribution in [3.63, 3.8) is 0 Å². The molecule has 1 rings (SSSR count). The molecule has 0 aromatic heterocycles. The number of carboxylic acids is 1. The minimum absolute atomic E-state index is 0.0856. The summed E-state index contributed by atoms with van der Waals surface area (Å²) >= 11 is 5.39. The van der Waals surface area contributed by atoms with E-state index in [1.165, 1.54) is 0 Å². The molecule has 0 bridgehead atoms. The summed E-state index contributed by atoms with van der Waals surface area (Å²) in [5.74, 6) is -2.16. The smallest absolute Gasteiger partial charge is 0.339 e. The Labute approximate surface area is 72.6 Å². The van der Waals surface area contributed by atoms with Gasteiger partial charge in [0.2, 0.25) is 0 Å². The second-order valence-corrected chi connectivity index (χ2v) is 2.53. The van der Waals surface area contributed by atoms with E-state index in [9.17, 15) is 4.79 Å². The van der Waals surface area contributed by atoms with Crippen LogP contribution in [0.4, 0.5) is 0 Å². The molecule has 5 heteroatoms. The van der Waals surface area contributed by atoms with Gasteiger partial charge in [-0.15, -0.1) is 0 Å². The molecule has 1 aromatic rings. The Hall–Kier alpha value is -1.42. The average Bonchev–Trinajstić information content (AvgIpc) is 1.96. The Morgan fingerprint density at radius 2 is 1.83 bits per heavy atom. The Morgan fingerprint density at radius 3 is 2.33 bits per heavy atom. The summed E-state index contributed by atoms with van der Waals surface area (Å²) in [5, 5.41) is 26.4. The lowest BCUT2D eigenvalue weighted by atomic mass is 10.2. The van der Waals surface area contributed by atoms with Gasteiger partial charge in [0.05, 0.1) is 5.02 Å². The molecule has 0 aliphatic heterocycles. The quantitative estimate of drug-likeness (QED) is 0.583. The number of aromatic carboxylic acids is 1. The highest BCUT2D eigenvalue weighted by molar-refractivity contribution is 6.32. The van der Waals surface area contributed by atoms with Crippen molar-refractivity contribution >= 4 is 17.6 Å². The van der Waals surface area contributed by atoms with E-state index in [2.05, 4.69) is 0 Å². The fourth-order valence-corrected chi connectivity index (χ4v) is 0.881. The molecular formula is C7H5ClO4. The van der Waals surface area contributed by atoms with Crippen LogP contribution in [0.15, 0.2) is 12.1 Å². The van der Waals surface area contributed by atoms with Crippen molar-refractivity contribution in [1.29, 1.82) is 0 Å². The standard InChI is InChI=1S/C7H5ClO4/c8-4-2-5(9)3(7(11)12)1-6(4)10/h1-2,9-10H,(H,11,12). The fourth-order valence-electron chi connectivity index (χ4n) is 0.723. The first kappa shape index (κ1) is 8.67. The molecule has 64 valence electrons. The molecule has 0 heterocycles. The van der Waals surface area contributed by atoms with Crippen molar-refractivity contribution < 1.29 is 20.1 Å². The van der Waals surface area contributed by atoms with Gasteiger partial charge in [0.15, 0.2) is 0 Å². The third-order valence-electron chi connectivity index (χ3n) is 1.30. The lowest BCUT2D eigenvalue weighted by molar-refractivity contribution is 0.0693. The molecule has 0 saturated carbocycles. The number of benzene rings is 1. The van der Waals surface area contributed by atoms with Crippen LogP contribution < -0.4 is 0 Å². The van der Waals surface area contributed by atoms with Gasteiger partial charge in [-0.25, -0.2) is 4.79 Å². The third-order valence-corrected chi connectivity index (χ3v) is 1.60. The zero-order valence-electron chi connectivity index (χ0n) is 5.78. The number of hydrogen-bond donors (Lipinski definition) is 3. The van der Waals surface area contributed by atoms with Crippen molar-refractivity contribution in [3.8, 4) is 11.5 Å². The fraction of sp³-hybridized carbons (Fsp3) is 0. The van der Waals surface area contributed by atoms with Gasteiger partial charge in [-0.3, -0.25) is 0 Å². The lowest BCUT2D eigenvalue weighted by Gasteiger charge is -2.01. The van der Waals surface area contributed by atoms with E-state index >= 15 is 0 Å². The monoisotopic (exact) mass is 188 g/mol. The van der Waals surface area contributed by atoms with E-state index in [0.29, 0.717) is 0 Å². The second kappa shape index (κ2) is 2.91. The van der Waals surface area contributed by atoms with Crippen molar-refractivity contribution in [2.24, 2.45) is 0 Å². The molecule has 0 amide bonds. The van der Waals surface area contributed by atoms with Crippen LogP contribution in [0.1, 0.15) is 10.4 Å². The summed E-state index contributed by atoms with van der Waals surface area (Å²) in [5.41, 5.74) is -0.378. The van der Waals surface area contributed by atoms with Gasteiger partial charge in [-0.2, -0.15) is 0 Å². The van der Waals surface area contributed by atoms with Gasteiger partial charge in [-0.05, 0) is 6.07 Å². The van der Waals surface area contributed by atoms with Crippen molar-refractivity contribution in [2.75, 3.05) is 0 Å². The Balaban J connectivity index is 3.33. The summed E-state index contributed by atoms with van der Waals surface area (Å²) in [4.78, 5) is 10.4. The second-order valence-electron chi connectivity index (χ2n) is 2.13. The molecule has 0 aliphatic carbocycles. The predicted octanol–water partition coefficient (Wildman–Crippen LogP) is 1.45. The number of phenolic OH excluding ortho intramolecular Hbond substituents is 1. The maximum absolute atomic E-state index is 10.4. The van der Waals surface area contributed by atoms with Crippen LogP contribution in [0.25, 0.3) is 0 Å². The topological polar surface area (TPSA) is 77.8 Å². The Morgan fingerprint density at radius 1 is 1.25 bits per heavy atom. The van der Waals surface area contributed by atoms with Crippen LogP contribution in [-0.4, -0.2) is 21.3 Å². The third kappa shape index (κ3) is 1.43. The highest BCUT2D eigenvalue weighted by Gasteiger charge is 2.12. The van der Waals surface area contributed by atoms with Gasteiger partial charge in [0, 0.05) is 6.07 Å². The molecule has 4 nitrogen and oxygen atoms in total. The van der Waals surface area contributed by atoms with Crippen LogP contribution in [0, 0.1) is 0 Å². The first-order chi connectivity index (χ1) is 5.52. The van der Waals surface area contributed by atoms with Gasteiger partial charge >= 0.3 is 5.97 Å². The number of carboxylic acid groups (broad SMARTS) is 1. The predicted molar refractivity (Wildman–Crippen MR) is 41.7 cm³/mol. The van der Waals surface area contributed by atoms with E-state index < -0.39 is 11.7 Å². The van der Waals surface area contributed by atoms with E-state index in [1.54, 1.807) is 0 Å². The number of phenols is 2. The number of aromatic hydroxyl groups is 2. The molecule has 0 atom stereocenters.